The molecule has 0 saturated carbocycles. The first kappa shape index (κ1) is 17.5. The van der Waals surface area contributed by atoms with Gasteiger partial charge in [0.25, 0.3) is 5.91 Å². The van der Waals surface area contributed by atoms with Crippen LogP contribution < -0.4 is 14.9 Å². The van der Waals surface area contributed by atoms with E-state index >= 15 is 0 Å². The van der Waals surface area contributed by atoms with Crippen LogP contribution in [0, 0.1) is 20.8 Å². The molecular formula is C19H22N2O3. The molecule has 0 spiro atoms. The van der Waals surface area contributed by atoms with Crippen LogP contribution >= 0.6 is 0 Å². The van der Waals surface area contributed by atoms with E-state index in [1.807, 2.05) is 19.1 Å². The van der Waals surface area contributed by atoms with Gasteiger partial charge in [0, 0.05) is 0 Å². The van der Waals surface area contributed by atoms with Gasteiger partial charge in [-0.05, 0) is 67.3 Å². The zero-order chi connectivity index (χ0) is 17.5. The third kappa shape index (κ3) is 4.59. The number of rotatable bonds is 6. The Morgan fingerprint density at radius 3 is 2.38 bits per heavy atom. The number of aryl methyl sites for hydroxylation is 1. The Kier molecular flexibility index (Phi) is 5.95. The molecular weight excluding hydrogens is 304 g/mol. The van der Waals surface area contributed by atoms with E-state index in [1.165, 1.54) is 11.1 Å². The molecule has 24 heavy (non-hydrogen) atoms. The molecule has 5 nitrogen and oxygen atoms in total. The monoisotopic (exact) mass is 326 g/mol. The van der Waals surface area contributed by atoms with Crippen molar-refractivity contribution < 1.29 is 14.3 Å². The molecule has 2 aromatic rings. The highest BCUT2D eigenvalue weighted by atomic mass is 16.5. The van der Waals surface area contributed by atoms with Crippen molar-refractivity contribution in [3.8, 4) is 11.5 Å². The van der Waals surface area contributed by atoms with Gasteiger partial charge in [-0.15, -0.1) is 0 Å². The van der Waals surface area contributed by atoms with Crippen LogP contribution in [0.25, 0.3) is 0 Å². The van der Waals surface area contributed by atoms with Crippen LogP contribution in [-0.4, -0.2) is 25.8 Å². The minimum absolute atomic E-state index is 0.102. The van der Waals surface area contributed by atoms with Gasteiger partial charge in [0.15, 0.2) is 6.61 Å². The minimum Gasteiger partial charge on any atom is -0.497 e. The Bertz CT molecular complexity index is 737. The molecule has 0 fully saturated rings. The van der Waals surface area contributed by atoms with Crippen molar-refractivity contribution in [2.24, 2.45) is 5.10 Å². The molecule has 0 bridgehead atoms. The fourth-order valence-electron chi connectivity index (χ4n) is 2.14. The van der Waals surface area contributed by atoms with E-state index in [0.29, 0.717) is 5.75 Å². The molecule has 2 rings (SSSR count). The van der Waals surface area contributed by atoms with Crippen molar-refractivity contribution in [3.05, 3.63) is 58.7 Å². The maximum Gasteiger partial charge on any atom is 0.277 e. The molecule has 0 heterocycles. The van der Waals surface area contributed by atoms with Crippen LogP contribution in [0.15, 0.2) is 41.5 Å². The lowest BCUT2D eigenvalue weighted by atomic mass is 10.00. The number of hydrogen-bond donors (Lipinski definition) is 1. The van der Waals surface area contributed by atoms with Crippen molar-refractivity contribution in [2.75, 3.05) is 13.7 Å². The van der Waals surface area contributed by atoms with Crippen molar-refractivity contribution in [3.63, 3.8) is 0 Å². The summed E-state index contributed by atoms with van der Waals surface area (Å²) in [7, 11) is 1.60. The number of carbonyl (C=O) groups excluding carboxylic acids is 1. The number of hydrazone groups is 1. The fraction of sp³-hybridized carbons (Fsp3) is 0.263. The molecule has 0 radical (unpaired) electrons. The molecule has 0 unspecified atom stereocenters. The number of amides is 1. The molecule has 5 heteroatoms. The number of ether oxygens (including phenoxy) is 2. The highest BCUT2D eigenvalue weighted by Gasteiger charge is 2.03. The van der Waals surface area contributed by atoms with Crippen molar-refractivity contribution in [1.29, 1.82) is 0 Å². The van der Waals surface area contributed by atoms with Crippen LogP contribution in [0.3, 0.4) is 0 Å². The minimum atomic E-state index is -0.316. The van der Waals surface area contributed by atoms with E-state index in [4.69, 9.17) is 9.47 Å². The summed E-state index contributed by atoms with van der Waals surface area (Å²) in [5.74, 6) is 1.02. The summed E-state index contributed by atoms with van der Waals surface area (Å²) in [6.07, 6.45) is 1.65. The Morgan fingerprint density at radius 1 is 1.04 bits per heavy atom. The molecule has 0 aliphatic rings. The molecule has 1 amide bonds. The number of carbonyl (C=O) groups is 1. The molecule has 0 aliphatic heterocycles. The number of nitrogens with zero attached hydrogens (tertiary/aromatic N) is 1. The summed E-state index contributed by atoms with van der Waals surface area (Å²) in [5, 5.41) is 3.99. The van der Waals surface area contributed by atoms with E-state index in [1.54, 1.807) is 37.6 Å². The predicted octanol–water partition coefficient (Wildman–Crippen LogP) is 3.15. The normalized spacial score (nSPS) is 10.7. The van der Waals surface area contributed by atoms with Gasteiger partial charge < -0.3 is 9.47 Å². The second-order valence-electron chi connectivity index (χ2n) is 5.48. The Hall–Kier alpha value is -2.82. The summed E-state index contributed by atoms with van der Waals surface area (Å²) in [4.78, 5) is 11.8. The number of nitrogens with one attached hydrogen (secondary N) is 1. The summed E-state index contributed by atoms with van der Waals surface area (Å²) >= 11 is 0. The van der Waals surface area contributed by atoms with Crippen molar-refractivity contribution in [1.82, 2.24) is 5.43 Å². The lowest BCUT2D eigenvalue weighted by Crippen LogP contribution is -2.24. The maximum atomic E-state index is 11.8. The zero-order valence-electron chi connectivity index (χ0n) is 14.4. The Morgan fingerprint density at radius 2 is 1.71 bits per heavy atom. The number of hydrogen-bond acceptors (Lipinski definition) is 4. The largest absolute Gasteiger partial charge is 0.497 e. The SMILES string of the molecule is COc1ccc(OCC(=O)N/N=C\c2ccc(C)c(C)c2C)cc1. The molecule has 126 valence electrons. The van der Waals surface area contributed by atoms with Crippen LogP contribution in [0.2, 0.25) is 0 Å². The molecule has 0 atom stereocenters. The summed E-state index contributed by atoms with van der Waals surface area (Å²) in [6.45, 7) is 6.08. The van der Waals surface area contributed by atoms with Crippen molar-refractivity contribution in [2.45, 2.75) is 20.8 Å². The molecule has 0 aliphatic carbocycles. The number of benzene rings is 2. The molecule has 0 saturated heterocycles. The molecule has 0 aromatic heterocycles. The van der Waals surface area contributed by atoms with Gasteiger partial charge in [-0.3, -0.25) is 4.79 Å². The average molecular weight is 326 g/mol. The molecule has 2 aromatic carbocycles. The van der Waals surface area contributed by atoms with Gasteiger partial charge in [0.1, 0.15) is 11.5 Å². The van der Waals surface area contributed by atoms with Gasteiger partial charge in [-0.1, -0.05) is 12.1 Å². The average Bonchev–Trinajstić information content (AvgIpc) is 2.60. The van der Waals surface area contributed by atoms with Crippen molar-refractivity contribution >= 4 is 12.1 Å². The smallest absolute Gasteiger partial charge is 0.277 e. The standard InChI is InChI=1S/C19H22N2O3/c1-13-5-6-16(15(3)14(13)2)11-20-21-19(22)12-24-18-9-7-17(23-4)8-10-18/h5-11H,12H2,1-4H3,(H,21,22)/b20-11-. The summed E-state index contributed by atoms with van der Waals surface area (Å²) in [5.41, 5.74) is 7.07. The number of methoxy groups -OCH3 is 1. The summed E-state index contributed by atoms with van der Waals surface area (Å²) < 4.78 is 10.4. The maximum absolute atomic E-state index is 11.8. The first-order valence-electron chi connectivity index (χ1n) is 7.67. The highest BCUT2D eigenvalue weighted by molar-refractivity contribution is 5.84. The second kappa shape index (κ2) is 8.15. The van der Waals surface area contributed by atoms with Crippen LogP contribution in [0.1, 0.15) is 22.3 Å². The first-order chi connectivity index (χ1) is 11.5. The summed E-state index contributed by atoms with van der Waals surface area (Å²) in [6, 6.07) is 11.1. The lowest BCUT2D eigenvalue weighted by Gasteiger charge is -2.08. The van der Waals surface area contributed by atoms with E-state index in [-0.39, 0.29) is 12.5 Å². The first-order valence-corrected chi connectivity index (χ1v) is 7.67. The van der Waals surface area contributed by atoms with Crippen LogP contribution in [0.5, 0.6) is 11.5 Å². The zero-order valence-corrected chi connectivity index (χ0v) is 14.4. The third-order valence-electron chi connectivity index (χ3n) is 3.92. The quantitative estimate of drug-likeness (QED) is 0.655. The van der Waals surface area contributed by atoms with Gasteiger partial charge in [-0.2, -0.15) is 5.10 Å². The fourth-order valence-corrected chi connectivity index (χ4v) is 2.14. The van der Waals surface area contributed by atoms with Crippen LogP contribution in [0.4, 0.5) is 0 Å². The Balaban J connectivity index is 1.85. The van der Waals surface area contributed by atoms with Gasteiger partial charge in [-0.25, -0.2) is 5.43 Å². The third-order valence-corrected chi connectivity index (χ3v) is 3.92. The second-order valence-corrected chi connectivity index (χ2v) is 5.48. The van der Waals surface area contributed by atoms with Gasteiger partial charge in [0.05, 0.1) is 13.3 Å². The van der Waals surface area contributed by atoms with Gasteiger partial charge in [0.2, 0.25) is 0 Å². The Labute approximate surface area is 142 Å². The van der Waals surface area contributed by atoms with Crippen LogP contribution in [-0.2, 0) is 4.79 Å². The highest BCUT2D eigenvalue weighted by Crippen LogP contribution is 2.17. The molecule has 1 N–H and O–H groups in total. The lowest BCUT2D eigenvalue weighted by molar-refractivity contribution is -0.123. The van der Waals surface area contributed by atoms with E-state index in [2.05, 4.69) is 24.4 Å². The van der Waals surface area contributed by atoms with E-state index in [0.717, 1.165) is 16.9 Å². The van der Waals surface area contributed by atoms with E-state index < -0.39 is 0 Å². The topological polar surface area (TPSA) is 59.9 Å². The predicted molar refractivity (Wildman–Crippen MR) is 94.9 cm³/mol. The van der Waals surface area contributed by atoms with Gasteiger partial charge >= 0.3 is 0 Å². The van der Waals surface area contributed by atoms with E-state index in [9.17, 15) is 4.79 Å².